The largest absolute Gasteiger partial charge is 0.496 e. The average Bonchev–Trinajstić information content (AvgIpc) is 2.70. The lowest BCUT2D eigenvalue weighted by molar-refractivity contribution is -0.142. The number of alkyl halides is 3. The maximum atomic E-state index is 12.9. The molecule has 7 heteroatoms. The van der Waals surface area contributed by atoms with Crippen molar-refractivity contribution < 1.29 is 22.4 Å². The molecule has 0 unspecified atom stereocenters. The molecule has 0 fully saturated rings. The molecule has 19 heavy (non-hydrogen) atoms. The van der Waals surface area contributed by atoms with Crippen molar-refractivity contribution >= 4 is 5.88 Å². The zero-order valence-corrected chi connectivity index (χ0v) is 10.2. The predicted octanol–water partition coefficient (Wildman–Crippen LogP) is 3.26. The van der Waals surface area contributed by atoms with E-state index in [2.05, 4.69) is 9.68 Å². The van der Waals surface area contributed by atoms with Gasteiger partial charge in [0.25, 0.3) is 0 Å². The summed E-state index contributed by atoms with van der Waals surface area (Å²) in [5.74, 6) is -0.123. The predicted molar refractivity (Wildman–Crippen MR) is 62.6 cm³/mol. The number of rotatable bonds is 2. The molecular weight excluding hydrogens is 261 g/mol. The Morgan fingerprint density at radius 3 is 2.58 bits per heavy atom. The van der Waals surface area contributed by atoms with E-state index < -0.39 is 17.8 Å². The zero-order chi connectivity index (χ0) is 14.2. The van der Waals surface area contributed by atoms with Crippen LogP contribution in [-0.4, -0.2) is 12.3 Å². The summed E-state index contributed by atoms with van der Waals surface area (Å²) in [6.45, 7) is 1.75. The van der Waals surface area contributed by atoms with Gasteiger partial charge in [-0.15, -0.1) is 0 Å². The summed E-state index contributed by atoms with van der Waals surface area (Å²) in [5.41, 5.74) is 4.97. The summed E-state index contributed by atoms with van der Waals surface area (Å²) in [6.07, 6.45) is -4.65. The number of aryl methyl sites for hydroxylation is 1. The van der Waals surface area contributed by atoms with E-state index in [1.54, 1.807) is 19.1 Å². The lowest BCUT2D eigenvalue weighted by Gasteiger charge is -2.10. The van der Waals surface area contributed by atoms with E-state index >= 15 is 0 Å². The average molecular weight is 272 g/mol. The third-order valence-corrected chi connectivity index (χ3v) is 2.61. The first-order valence-electron chi connectivity index (χ1n) is 5.32. The molecule has 2 rings (SSSR count). The maximum absolute atomic E-state index is 12.9. The summed E-state index contributed by atoms with van der Waals surface area (Å²) in [5, 5.41) is 2.99. The number of ether oxygens (including phenoxy) is 1. The van der Waals surface area contributed by atoms with E-state index in [1.165, 1.54) is 13.2 Å². The van der Waals surface area contributed by atoms with E-state index in [0.717, 1.165) is 5.56 Å². The number of nitrogens with zero attached hydrogens (tertiary/aromatic N) is 1. The van der Waals surface area contributed by atoms with Crippen LogP contribution in [0.2, 0.25) is 0 Å². The van der Waals surface area contributed by atoms with Crippen molar-refractivity contribution in [2.24, 2.45) is 0 Å². The Labute approximate surface area is 106 Å². The van der Waals surface area contributed by atoms with E-state index in [0.29, 0.717) is 0 Å². The molecule has 0 radical (unpaired) electrons. The Morgan fingerprint density at radius 1 is 1.32 bits per heavy atom. The van der Waals surface area contributed by atoms with Gasteiger partial charge in [0.1, 0.15) is 5.75 Å². The van der Waals surface area contributed by atoms with E-state index in [1.807, 2.05) is 0 Å². The van der Waals surface area contributed by atoms with Gasteiger partial charge in [-0.05, 0) is 19.1 Å². The number of halogens is 3. The summed E-state index contributed by atoms with van der Waals surface area (Å²) < 4.78 is 48.1. The second kappa shape index (κ2) is 4.49. The minimum Gasteiger partial charge on any atom is -0.496 e. The minimum absolute atomic E-state index is 0.202. The standard InChI is InChI=1S/C12H11F3N2O2/c1-6-3-4-8(18-2)7(5-6)9-10(12(13,14)15)17-19-11(9)16/h3-5H,16H2,1-2H3. The number of aromatic nitrogens is 1. The van der Waals surface area contributed by atoms with Crippen LogP contribution >= 0.6 is 0 Å². The monoisotopic (exact) mass is 272 g/mol. The topological polar surface area (TPSA) is 61.3 Å². The van der Waals surface area contributed by atoms with Crippen LogP contribution in [0.1, 0.15) is 11.3 Å². The molecule has 0 aliphatic carbocycles. The van der Waals surface area contributed by atoms with Crippen LogP contribution in [0, 0.1) is 6.92 Å². The first-order chi connectivity index (χ1) is 8.84. The number of nitrogens with two attached hydrogens (primary N) is 1. The van der Waals surface area contributed by atoms with Gasteiger partial charge in [0.15, 0.2) is 5.69 Å². The van der Waals surface area contributed by atoms with Crippen LogP contribution in [0.3, 0.4) is 0 Å². The van der Waals surface area contributed by atoms with Crippen LogP contribution in [0.15, 0.2) is 22.7 Å². The highest BCUT2D eigenvalue weighted by atomic mass is 19.4. The Bertz CT molecular complexity index is 606. The number of hydrogen-bond acceptors (Lipinski definition) is 4. The van der Waals surface area contributed by atoms with E-state index in [9.17, 15) is 13.2 Å². The quantitative estimate of drug-likeness (QED) is 0.911. The number of anilines is 1. The van der Waals surface area contributed by atoms with E-state index in [4.69, 9.17) is 10.5 Å². The highest BCUT2D eigenvalue weighted by Crippen LogP contribution is 2.43. The van der Waals surface area contributed by atoms with Crippen molar-refractivity contribution in [3.63, 3.8) is 0 Å². The van der Waals surface area contributed by atoms with Gasteiger partial charge in [-0.1, -0.05) is 16.8 Å². The molecule has 1 aromatic carbocycles. The van der Waals surface area contributed by atoms with Gasteiger partial charge in [-0.25, -0.2) is 0 Å². The molecule has 0 atom stereocenters. The van der Waals surface area contributed by atoms with Gasteiger partial charge < -0.3 is 15.0 Å². The molecule has 102 valence electrons. The number of hydrogen-bond donors (Lipinski definition) is 1. The fourth-order valence-corrected chi connectivity index (χ4v) is 1.77. The minimum atomic E-state index is -4.65. The van der Waals surface area contributed by atoms with Crippen LogP contribution in [-0.2, 0) is 6.18 Å². The Morgan fingerprint density at radius 2 is 2.00 bits per heavy atom. The van der Waals surface area contributed by atoms with Gasteiger partial charge in [0.2, 0.25) is 5.88 Å². The molecule has 0 saturated heterocycles. The van der Waals surface area contributed by atoms with Gasteiger partial charge in [-0.2, -0.15) is 13.2 Å². The Kier molecular flexibility index (Phi) is 3.13. The molecule has 1 heterocycles. The summed E-state index contributed by atoms with van der Waals surface area (Å²) in [7, 11) is 1.37. The van der Waals surface area contributed by atoms with Crippen molar-refractivity contribution in [2.45, 2.75) is 13.1 Å². The summed E-state index contributed by atoms with van der Waals surface area (Å²) in [6, 6.07) is 4.83. The molecule has 0 spiro atoms. The van der Waals surface area contributed by atoms with Crippen molar-refractivity contribution in [3.05, 3.63) is 29.5 Å². The number of benzene rings is 1. The van der Waals surface area contributed by atoms with Crippen molar-refractivity contribution in [1.82, 2.24) is 5.16 Å². The van der Waals surface area contributed by atoms with Crippen LogP contribution in [0.5, 0.6) is 5.75 Å². The highest BCUT2D eigenvalue weighted by Gasteiger charge is 2.40. The molecule has 0 saturated carbocycles. The fourth-order valence-electron chi connectivity index (χ4n) is 1.77. The van der Waals surface area contributed by atoms with Crippen molar-refractivity contribution in [3.8, 4) is 16.9 Å². The molecule has 1 aromatic heterocycles. The first kappa shape index (κ1) is 13.3. The first-order valence-corrected chi connectivity index (χ1v) is 5.32. The normalized spacial score (nSPS) is 11.6. The maximum Gasteiger partial charge on any atom is 0.437 e. The molecule has 4 nitrogen and oxygen atoms in total. The molecular formula is C12H11F3N2O2. The SMILES string of the molecule is COc1ccc(C)cc1-c1c(C(F)(F)F)noc1N. The van der Waals surface area contributed by atoms with E-state index in [-0.39, 0.29) is 16.9 Å². The molecule has 0 bridgehead atoms. The molecule has 2 aromatic rings. The number of methoxy groups -OCH3 is 1. The van der Waals surface area contributed by atoms with Gasteiger partial charge in [0, 0.05) is 5.56 Å². The van der Waals surface area contributed by atoms with Crippen molar-refractivity contribution in [2.75, 3.05) is 12.8 Å². The highest BCUT2D eigenvalue weighted by molar-refractivity contribution is 5.80. The third kappa shape index (κ3) is 2.35. The molecule has 0 aliphatic heterocycles. The van der Waals surface area contributed by atoms with Gasteiger partial charge >= 0.3 is 6.18 Å². The molecule has 0 amide bonds. The van der Waals surface area contributed by atoms with Crippen LogP contribution in [0.4, 0.5) is 19.1 Å². The van der Waals surface area contributed by atoms with Crippen LogP contribution in [0.25, 0.3) is 11.1 Å². The van der Waals surface area contributed by atoms with Crippen LogP contribution < -0.4 is 10.5 Å². The van der Waals surface area contributed by atoms with Crippen molar-refractivity contribution in [1.29, 1.82) is 0 Å². The third-order valence-electron chi connectivity index (χ3n) is 2.61. The molecule has 0 aliphatic rings. The second-order valence-corrected chi connectivity index (χ2v) is 3.97. The van der Waals surface area contributed by atoms with Gasteiger partial charge in [-0.3, -0.25) is 0 Å². The Hall–Kier alpha value is -2.18. The fraction of sp³-hybridized carbons (Fsp3) is 0.250. The lowest BCUT2D eigenvalue weighted by Crippen LogP contribution is -2.08. The number of nitrogen functional groups attached to an aromatic ring is 1. The van der Waals surface area contributed by atoms with Gasteiger partial charge in [0.05, 0.1) is 12.7 Å². The molecule has 2 N–H and O–H groups in total. The second-order valence-electron chi connectivity index (χ2n) is 3.97. The smallest absolute Gasteiger partial charge is 0.437 e. The lowest BCUT2D eigenvalue weighted by atomic mass is 10.0. The summed E-state index contributed by atoms with van der Waals surface area (Å²) in [4.78, 5) is 0. The zero-order valence-electron chi connectivity index (χ0n) is 10.2. The summed E-state index contributed by atoms with van der Waals surface area (Å²) >= 11 is 0. The Balaban J connectivity index is 2.72.